The molecule has 3 rings (SSSR count). The van der Waals surface area contributed by atoms with Gasteiger partial charge in [0.15, 0.2) is 0 Å². The third kappa shape index (κ3) is 4.93. The number of rotatable bonds is 8. The zero-order valence-electron chi connectivity index (χ0n) is 16.5. The van der Waals surface area contributed by atoms with Crippen LogP contribution in [0.4, 0.5) is 11.4 Å². The summed E-state index contributed by atoms with van der Waals surface area (Å²) in [7, 11) is -2.22. The maximum Gasteiger partial charge on any atom is 0.264 e. The molecule has 0 fully saturated rings. The van der Waals surface area contributed by atoms with Crippen LogP contribution < -0.4 is 9.62 Å². The summed E-state index contributed by atoms with van der Waals surface area (Å²) in [5.74, 6) is 0.427. The third-order valence-corrected chi connectivity index (χ3v) is 7.26. The van der Waals surface area contributed by atoms with Gasteiger partial charge in [0.2, 0.25) is 0 Å². The van der Waals surface area contributed by atoms with E-state index in [0.717, 1.165) is 10.6 Å². The monoisotopic (exact) mass is 438 g/mol. The molecule has 0 unspecified atom stereocenters. The molecule has 0 aliphatic carbocycles. The highest BCUT2D eigenvalue weighted by molar-refractivity contribution is 7.99. The lowest BCUT2D eigenvalue weighted by atomic mass is 10.2. The molecule has 1 amide bonds. The second-order valence-electron chi connectivity index (χ2n) is 6.38. The van der Waals surface area contributed by atoms with Gasteiger partial charge in [0.1, 0.15) is 0 Å². The number of anilines is 2. The molecule has 0 spiro atoms. The molecule has 154 valence electrons. The zero-order chi connectivity index (χ0) is 21.6. The molecule has 0 aliphatic rings. The minimum atomic E-state index is -3.72. The summed E-state index contributed by atoms with van der Waals surface area (Å²) in [5.41, 5.74) is 1.64. The van der Waals surface area contributed by atoms with Crippen LogP contribution in [-0.2, 0) is 10.0 Å². The van der Waals surface area contributed by atoms with Crippen molar-refractivity contribution in [1.82, 2.24) is 0 Å². The van der Waals surface area contributed by atoms with Crippen LogP contribution in [0.15, 0.2) is 101 Å². The highest BCUT2D eigenvalue weighted by Gasteiger charge is 2.21. The number of nitrogens with zero attached hydrogens (tertiary/aromatic N) is 1. The minimum Gasteiger partial charge on any atom is -0.321 e. The van der Waals surface area contributed by atoms with Crippen molar-refractivity contribution in [2.75, 3.05) is 22.4 Å². The fourth-order valence-corrected chi connectivity index (χ4v) is 4.69. The minimum absolute atomic E-state index is 0.118. The van der Waals surface area contributed by atoms with Gasteiger partial charge in [-0.05, 0) is 48.5 Å². The van der Waals surface area contributed by atoms with E-state index in [1.165, 1.54) is 35.6 Å². The maximum absolute atomic E-state index is 12.9. The Labute approximate surface area is 181 Å². The standard InChI is InChI=1S/C23H22N2O3S2/c1-3-17-29-22-12-8-7-11-21(22)24-23(26)18-13-15-20(16-14-18)30(27,28)25(2)19-9-5-4-6-10-19/h3-16H,1,17H2,2H3,(H,24,26). The van der Waals surface area contributed by atoms with Crippen LogP contribution in [0.5, 0.6) is 0 Å². The third-order valence-electron chi connectivity index (χ3n) is 4.39. The van der Waals surface area contributed by atoms with Gasteiger partial charge < -0.3 is 5.32 Å². The Bertz CT molecular complexity index is 1130. The van der Waals surface area contributed by atoms with Crippen molar-refractivity contribution in [3.8, 4) is 0 Å². The molecular formula is C23H22N2O3S2. The van der Waals surface area contributed by atoms with Crippen molar-refractivity contribution in [3.63, 3.8) is 0 Å². The van der Waals surface area contributed by atoms with E-state index in [1.807, 2.05) is 30.3 Å². The van der Waals surface area contributed by atoms with Crippen molar-refractivity contribution in [3.05, 3.63) is 97.1 Å². The van der Waals surface area contributed by atoms with Crippen LogP contribution in [0.25, 0.3) is 0 Å². The molecule has 0 saturated carbocycles. The van der Waals surface area contributed by atoms with Crippen LogP contribution in [0.3, 0.4) is 0 Å². The maximum atomic E-state index is 12.9. The number of carbonyl (C=O) groups excluding carboxylic acids is 1. The number of sulfonamides is 1. The number of thioether (sulfide) groups is 1. The zero-order valence-corrected chi connectivity index (χ0v) is 18.1. The molecule has 7 heteroatoms. The molecule has 0 radical (unpaired) electrons. The van der Waals surface area contributed by atoms with Crippen LogP contribution >= 0.6 is 11.8 Å². The van der Waals surface area contributed by atoms with E-state index in [0.29, 0.717) is 16.9 Å². The second-order valence-corrected chi connectivity index (χ2v) is 9.41. The lowest BCUT2D eigenvalue weighted by Crippen LogP contribution is -2.26. The second kappa shape index (κ2) is 9.65. The van der Waals surface area contributed by atoms with Crippen molar-refractivity contribution in [2.24, 2.45) is 0 Å². The molecular weight excluding hydrogens is 416 g/mol. The normalized spacial score (nSPS) is 11.0. The van der Waals surface area contributed by atoms with E-state index in [4.69, 9.17) is 0 Å². The molecule has 0 atom stereocenters. The van der Waals surface area contributed by atoms with Crippen molar-refractivity contribution < 1.29 is 13.2 Å². The Morgan fingerprint density at radius 2 is 1.63 bits per heavy atom. The van der Waals surface area contributed by atoms with Gasteiger partial charge >= 0.3 is 0 Å². The number of nitrogens with one attached hydrogen (secondary N) is 1. The molecule has 0 aromatic heterocycles. The first kappa shape index (κ1) is 21.7. The van der Waals surface area contributed by atoms with Gasteiger partial charge in [0, 0.05) is 23.3 Å². The predicted molar refractivity (Wildman–Crippen MR) is 124 cm³/mol. The highest BCUT2D eigenvalue weighted by Crippen LogP contribution is 2.27. The molecule has 0 bridgehead atoms. The van der Waals surface area contributed by atoms with E-state index in [-0.39, 0.29) is 10.8 Å². The Morgan fingerprint density at radius 3 is 2.30 bits per heavy atom. The molecule has 1 N–H and O–H groups in total. The number of hydrogen-bond donors (Lipinski definition) is 1. The van der Waals surface area contributed by atoms with Crippen LogP contribution in [-0.4, -0.2) is 27.1 Å². The Morgan fingerprint density at radius 1 is 1.00 bits per heavy atom. The molecule has 0 heterocycles. The summed E-state index contributed by atoms with van der Waals surface area (Å²) >= 11 is 1.57. The van der Waals surface area contributed by atoms with E-state index < -0.39 is 10.0 Å². The summed E-state index contributed by atoms with van der Waals surface area (Å²) in [4.78, 5) is 13.7. The van der Waals surface area contributed by atoms with Crippen LogP contribution in [0.2, 0.25) is 0 Å². The van der Waals surface area contributed by atoms with Crippen molar-refractivity contribution in [1.29, 1.82) is 0 Å². The molecule has 3 aromatic carbocycles. The fourth-order valence-electron chi connectivity index (χ4n) is 2.75. The van der Waals surface area contributed by atoms with Gasteiger partial charge in [-0.3, -0.25) is 9.10 Å². The molecule has 3 aromatic rings. The first-order valence-corrected chi connectivity index (χ1v) is 11.6. The molecule has 0 saturated heterocycles. The van der Waals surface area contributed by atoms with E-state index in [9.17, 15) is 13.2 Å². The summed E-state index contributed by atoms with van der Waals surface area (Å²) in [6.45, 7) is 3.71. The van der Waals surface area contributed by atoms with Crippen molar-refractivity contribution >= 4 is 39.1 Å². The van der Waals surface area contributed by atoms with Gasteiger partial charge in [-0.2, -0.15) is 0 Å². The van der Waals surface area contributed by atoms with E-state index in [2.05, 4.69) is 11.9 Å². The average Bonchev–Trinajstić information content (AvgIpc) is 2.78. The Kier molecular flexibility index (Phi) is 6.97. The van der Waals surface area contributed by atoms with E-state index in [1.54, 1.807) is 42.1 Å². The van der Waals surface area contributed by atoms with E-state index >= 15 is 0 Å². The first-order valence-electron chi connectivity index (χ1n) is 9.21. The van der Waals surface area contributed by atoms with Crippen molar-refractivity contribution in [2.45, 2.75) is 9.79 Å². The fraction of sp³-hybridized carbons (Fsp3) is 0.0870. The Balaban J connectivity index is 1.77. The summed E-state index contributed by atoms with van der Waals surface area (Å²) in [6.07, 6.45) is 1.80. The molecule has 0 aliphatic heterocycles. The summed E-state index contributed by atoms with van der Waals surface area (Å²) in [6, 6.07) is 22.3. The SMILES string of the molecule is C=CCSc1ccccc1NC(=O)c1ccc(S(=O)(=O)N(C)c2ccccc2)cc1. The Hall–Kier alpha value is -3.03. The number of benzene rings is 3. The molecule has 5 nitrogen and oxygen atoms in total. The van der Waals surface area contributed by atoms with Gasteiger partial charge in [-0.15, -0.1) is 18.3 Å². The van der Waals surface area contributed by atoms with Crippen LogP contribution in [0.1, 0.15) is 10.4 Å². The van der Waals surface area contributed by atoms with Gasteiger partial charge in [-0.1, -0.05) is 36.4 Å². The molecule has 30 heavy (non-hydrogen) atoms. The number of carbonyl (C=O) groups is 1. The van der Waals surface area contributed by atoms with Gasteiger partial charge in [-0.25, -0.2) is 8.42 Å². The number of hydrogen-bond acceptors (Lipinski definition) is 4. The number of para-hydroxylation sites is 2. The van der Waals surface area contributed by atoms with Gasteiger partial charge in [0.25, 0.3) is 15.9 Å². The predicted octanol–water partition coefficient (Wildman–Crippen LogP) is 5.04. The number of amides is 1. The highest BCUT2D eigenvalue weighted by atomic mass is 32.2. The largest absolute Gasteiger partial charge is 0.321 e. The summed E-state index contributed by atoms with van der Waals surface area (Å²) in [5, 5.41) is 2.89. The van der Waals surface area contributed by atoms with Gasteiger partial charge in [0.05, 0.1) is 16.3 Å². The van der Waals surface area contributed by atoms with Crippen LogP contribution in [0, 0.1) is 0 Å². The lowest BCUT2D eigenvalue weighted by Gasteiger charge is -2.19. The lowest BCUT2D eigenvalue weighted by molar-refractivity contribution is 0.102. The first-order chi connectivity index (χ1) is 14.4. The summed E-state index contributed by atoms with van der Waals surface area (Å²) < 4.78 is 26.9. The topological polar surface area (TPSA) is 66.5 Å². The average molecular weight is 439 g/mol. The smallest absolute Gasteiger partial charge is 0.264 e. The quantitative estimate of drug-likeness (QED) is 0.395.